The van der Waals surface area contributed by atoms with Gasteiger partial charge >= 0.3 is 0 Å². The van der Waals surface area contributed by atoms with Gasteiger partial charge in [-0.3, -0.25) is 0 Å². The molecule has 1 rings (SSSR count). The van der Waals surface area contributed by atoms with Gasteiger partial charge in [0.2, 0.25) is 0 Å². The van der Waals surface area contributed by atoms with Crippen molar-refractivity contribution in [1.82, 2.24) is 0 Å². The van der Waals surface area contributed by atoms with Crippen LogP contribution in [0.5, 0.6) is 0 Å². The summed E-state index contributed by atoms with van der Waals surface area (Å²) in [7, 11) is 0. The monoisotopic (exact) mass is 228 g/mol. The normalized spacial score (nSPS) is 12.1. The van der Waals surface area contributed by atoms with Gasteiger partial charge in [-0.05, 0) is 24.1 Å². The molecule has 0 saturated heterocycles. The van der Waals surface area contributed by atoms with Crippen LogP contribution in [0.1, 0.15) is 17.9 Å². The molecule has 0 fully saturated rings. The third-order valence-electron chi connectivity index (χ3n) is 1.95. The maximum Gasteiger partial charge on any atom is 0.127 e. The van der Waals surface area contributed by atoms with Crippen LogP contribution in [0.15, 0.2) is 30.9 Å². The molecular formula is C11H10Cl2O. The van der Waals surface area contributed by atoms with Crippen molar-refractivity contribution in [2.24, 2.45) is 0 Å². The smallest absolute Gasteiger partial charge is 0.127 e. The zero-order valence-electron chi connectivity index (χ0n) is 7.54. The standard InChI is InChI=1S/C11H10Cl2O/c1-2-3-8(7-14)10-5-4-9(12)6-11(10)13/h2,4-8H,1,3H2. The Hall–Kier alpha value is -0.790. The molecule has 0 radical (unpaired) electrons. The van der Waals surface area contributed by atoms with Gasteiger partial charge in [0.05, 0.1) is 0 Å². The van der Waals surface area contributed by atoms with Gasteiger partial charge in [-0.25, -0.2) is 0 Å². The molecule has 14 heavy (non-hydrogen) atoms. The van der Waals surface area contributed by atoms with Gasteiger partial charge in [0.25, 0.3) is 0 Å². The highest BCUT2D eigenvalue weighted by Gasteiger charge is 2.12. The van der Waals surface area contributed by atoms with Crippen molar-refractivity contribution in [2.45, 2.75) is 12.3 Å². The molecule has 0 saturated carbocycles. The molecule has 1 aromatic carbocycles. The lowest BCUT2D eigenvalue weighted by molar-refractivity contribution is -0.109. The van der Waals surface area contributed by atoms with E-state index in [9.17, 15) is 4.79 Å². The van der Waals surface area contributed by atoms with Gasteiger partial charge in [-0.15, -0.1) is 6.58 Å². The molecule has 0 bridgehead atoms. The summed E-state index contributed by atoms with van der Waals surface area (Å²) in [5.74, 6) is -0.225. The first-order valence-electron chi connectivity index (χ1n) is 4.20. The van der Waals surface area contributed by atoms with E-state index in [0.29, 0.717) is 16.5 Å². The van der Waals surface area contributed by atoms with E-state index in [4.69, 9.17) is 23.2 Å². The highest BCUT2D eigenvalue weighted by molar-refractivity contribution is 6.35. The van der Waals surface area contributed by atoms with Crippen LogP contribution in [0.25, 0.3) is 0 Å². The molecule has 0 spiro atoms. The molecule has 0 heterocycles. The summed E-state index contributed by atoms with van der Waals surface area (Å²) in [6, 6.07) is 5.13. The van der Waals surface area contributed by atoms with Crippen molar-refractivity contribution in [1.29, 1.82) is 0 Å². The Balaban J connectivity index is 3.03. The fraction of sp³-hybridized carbons (Fsp3) is 0.182. The van der Waals surface area contributed by atoms with Crippen molar-refractivity contribution < 1.29 is 4.79 Å². The molecule has 1 nitrogen and oxygen atoms in total. The van der Waals surface area contributed by atoms with Crippen LogP contribution in [0, 0.1) is 0 Å². The second kappa shape index (κ2) is 5.18. The molecule has 3 heteroatoms. The third kappa shape index (κ3) is 2.60. The second-order valence-electron chi connectivity index (χ2n) is 2.93. The maximum atomic E-state index is 10.8. The Kier molecular flexibility index (Phi) is 4.18. The summed E-state index contributed by atoms with van der Waals surface area (Å²) < 4.78 is 0. The van der Waals surface area contributed by atoms with E-state index in [0.717, 1.165) is 11.8 Å². The van der Waals surface area contributed by atoms with Crippen molar-refractivity contribution >= 4 is 29.5 Å². The van der Waals surface area contributed by atoms with Crippen molar-refractivity contribution in [3.8, 4) is 0 Å². The molecule has 0 aromatic heterocycles. The predicted molar refractivity (Wildman–Crippen MR) is 60.1 cm³/mol. The number of carbonyl (C=O) groups is 1. The minimum absolute atomic E-state index is 0.225. The van der Waals surface area contributed by atoms with Crippen LogP contribution >= 0.6 is 23.2 Å². The number of benzene rings is 1. The van der Waals surface area contributed by atoms with Crippen LogP contribution in [0.2, 0.25) is 10.0 Å². The number of carbonyl (C=O) groups excluding carboxylic acids is 1. The van der Waals surface area contributed by atoms with E-state index >= 15 is 0 Å². The maximum absolute atomic E-state index is 10.8. The largest absolute Gasteiger partial charge is 0.303 e. The number of hydrogen-bond donors (Lipinski definition) is 0. The molecule has 0 aliphatic rings. The summed E-state index contributed by atoms with van der Waals surface area (Å²) in [4.78, 5) is 10.8. The Morgan fingerprint density at radius 1 is 1.43 bits per heavy atom. The summed E-state index contributed by atoms with van der Waals surface area (Å²) >= 11 is 11.7. The zero-order chi connectivity index (χ0) is 10.6. The Bertz CT molecular complexity index is 347. The number of halogens is 2. The minimum atomic E-state index is -0.225. The molecule has 0 amide bonds. The lowest BCUT2D eigenvalue weighted by Gasteiger charge is -2.09. The highest BCUT2D eigenvalue weighted by Crippen LogP contribution is 2.28. The van der Waals surface area contributed by atoms with Crippen molar-refractivity contribution in [2.75, 3.05) is 0 Å². The molecule has 0 N–H and O–H groups in total. The van der Waals surface area contributed by atoms with E-state index in [1.54, 1.807) is 24.3 Å². The summed E-state index contributed by atoms with van der Waals surface area (Å²) in [5.41, 5.74) is 0.797. The lowest BCUT2D eigenvalue weighted by Crippen LogP contribution is -1.99. The summed E-state index contributed by atoms with van der Waals surface area (Å²) in [6.07, 6.45) is 3.16. The third-order valence-corrected chi connectivity index (χ3v) is 2.51. The molecule has 1 aromatic rings. The Morgan fingerprint density at radius 3 is 2.64 bits per heavy atom. The van der Waals surface area contributed by atoms with Gasteiger partial charge in [-0.1, -0.05) is 35.3 Å². The first-order chi connectivity index (χ1) is 6.69. The second-order valence-corrected chi connectivity index (χ2v) is 3.78. The van der Waals surface area contributed by atoms with Crippen LogP contribution in [0.3, 0.4) is 0 Å². The number of hydrogen-bond acceptors (Lipinski definition) is 1. The SMILES string of the molecule is C=CCC(C=O)c1ccc(Cl)cc1Cl. The summed E-state index contributed by atoms with van der Waals surface area (Å²) in [6.45, 7) is 3.59. The van der Waals surface area contributed by atoms with E-state index in [1.165, 1.54) is 0 Å². The first kappa shape index (κ1) is 11.3. The van der Waals surface area contributed by atoms with Gasteiger partial charge in [0, 0.05) is 16.0 Å². The van der Waals surface area contributed by atoms with E-state index in [2.05, 4.69) is 6.58 Å². The molecular weight excluding hydrogens is 219 g/mol. The number of aldehydes is 1. The predicted octanol–water partition coefficient (Wildman–Crippen LogP) is 3.85. The molecule has 1 atom stereocenters. The Labute approximate surface area is 93.3 Å². The van der Waals surface area contributed by atoms with Gasteiger partial charge < -0.3 is 4.79 Å². The minimum Gasteiger partial charge on any atom is -0.303 e. The molecule has 74 valence electrons. The van der Waals surface area contributed by atoms with E-state index in [1.807, 2.05) is 0 Å². The van der Waals surface area contributed by atoms with Crippen LogP contribution < -0.4 is 0 Å². The van der Waals surface area contributed by atoms with Crippen molar-refractivity contribution in [3.05, 3.63) is 46.5 Å². The van der Waals surface area contributed by atoms with Crippen LogP contribution in [-0.4, -0.2) is 6.29 Å². The fourth-order valence-corrected chi connectivity index (χ4v) is 1.79. The van der Waals surface area contributed by atoms with Crippen molar-refractivity contribution in [3.63, 3.8) is 0 Å². The topological polar surface area (TPSA) is 17.1 Å². The molecule has 1 unspecified atom stereocenters. The van der Waals surface area contributed by atoms with Gasteiger partial charge in [0.15, 0.2) is 0 Å². The van der Waals surface area contributed by atoms with Gasteiger partial charge in [-0.2, -0.15) is 0 Å². The average molecular weight is 229 g/mol. The summed E-state index contributed by atoms with van der Waals surface area (Å²) in [5, 5.41) is 1.10. The number of rotatable bonds is 4. The van der Waals surface area contributed by atoms with Gasteiger partial charge in [0.1, 0.15) is 6.29 Å². The van der Waals surface area contributed by atoms with E-state index < -0.39 is 0 Å². The fourth-order valence-electron chi connectivity index (χ4n) is 1.24. The Morgan fingerprint density at radius 2 is 2.14 bits per heavy atom. The number of allylic oxidation sites excluding steroid dienone is 1. The average Bonchev–Trinajstić information content (AvgIpc) is 2.15. The quantitative estimate of drug-likeness (QED) is 0.566. The van der Waals surface area contributed by atoms with Crippen LogP contribution in [0.4, 0.5) is 0 Å². The van der Waals surface area contributed by atoms with E-state index in [-0.39, 0.29) is 5.92 Å². The lowest BCUT2D eigenvalue weighted by atomic mass is 9.97. The highest BCUT2D eigenvalue weighted by atomic mass is 35.5. The molecule has 0 aliphatic heterocycles. The first-order valence-corrected chi connectivity index (χ1v) is 4.95. The zero-order valence-corrected chi connectivity index (χ0v) is 9.05. The molecule has 0 aliphatic carbocycles. The van der Waals surface area contributed by atoms with Crippen LogP contribution in [-0.2, 0) is 4.79 Å².